The van der Waals surface area contributed by atoms with Crippen LogP contribution in [0.15, 0.2) is 140 Å². The van der Waals surface area contributed by atoms with E-state index >= 15 is 0 Å². The van der Waals surface area contributed by atoms with Gasteiger partial charge in [0.15, 0.2) is 0 Å². The number of fused-ring (bicyclic) bond motifs is 1. The molecule has 2 N–H and O–H groups in total. The fraction of sp³-hybridized carbons (Fsp3) is 0.220. The average molecular weight is 608 g/mol. The molecule has 0 radical (unpaired) electrons. The van der Waals surface area contributed by atoms with E-state index in [0.717, 1.165) is 45.9 Å². The summed E-state index contributed by atoms with van der Waals surface area (Å²) in [5.74, 6) is -0.251. The van der Waals surface area contributed by atoms with E-state index in [0.29, 0.717) is 17.8 Å². The minimum Gasteiger partial charge on any atom is -0.378 e. The summed E-state index contributed by atoms with van der Waals surface area (Å²) in [4.78, 5) is 17.6. The Morgan fingerprint density at radius 2 is 1.30 bits per heavy atom. The molecule has 0 fully saturated rings. The van der Waals surface area contributed by atoms with Crippen LogP contribution in [0, 0.1) is 5.92 Å². The van der Waals surface area contributed by atoms with Gasteiger partial charge in [-0.2, -0.15) is 0 Å². The Kier molecular flexibility index (Phi) is 8.87. The molecule has 1 amide bonds. The summed E-state index contributed by atoms with van der Waals surface area (Å²) in [6, 6.07) is 43.0. The van der Waals surface area contributed by atoms with E-state index in [-0.39, 0.29) is 11.8 Å². The lowest BCUT2D eigenvalue weighted by atomic mass is 9.76. The molecule has 1 aromatic heterocycles. The number of carbonyl (C=O) groups is 1. The second-order valence-electron chi connectivity index (χ2n) is 12.3. The molecule has 1 atom stereocenters. The summed E-state index contributed by atoms with van der Waals surface area (Å²) in [5.41, 5.74) is 3.12. The molecule has 0 aliphatic rings. The zero-order valence-electron chi connectivity index (χ0n) is 26.7. The number of carbonyl (C=O) groups excluding carboxylic acids is 1. The number of amides is 1. The number of hydrogen-bond acceptors (Lipinski definition) is 3. The van der Waals surface area contributed by atoms with Gasteiger partial charge in [-0.3, -0.25) is 4.79 Å². The summed E-state index contributed by atoms with van der Waals surface area (Å²) >= 11 is 0. The molecule has 0 spiro atoms. The van der Waals surface area contributed by atoms with Crippen molar-refractivity contribution in [3.05, 3.63) is 173 Å². The van der Waals surface area contributed by atoms with Crippen LogP contribution in [0.2, 0.25) is 0 Å². The first-order valence-electron chi connectivity index (χ1n) is 16.2. The maximum atomic E-state index is 12.7. The van der Waals surface area contributed by atoms with Crippen LogP contribution < -0.4 is 5.32 Å². The van der Waals surface area contributed by atoms with Gasteiger partial charge < -0.3 is 15.0 Å². The predicted octanol–water partition coefficient (Wildman–Crippen LogP) is 8.30. The predicted molar refractivity (Wildman–Crippen MR) is 186 cm³/mol. The third-order valence-electron chi connectivity index (χ3n) is 9.13. The molecule has 1 heterocycles. The third-order valence-corrected chi connectivity index (χ3v) is 9.13. The Bertz CT molecular complexity index is 1820. The molecule has 0 bridgehead atoms. The van der Waals surface area contributed by atoms with Crippen molar-refractivity contribution in [2.45, 2.75) is 44.8 Å². The van der Waals surface area contributed by atoms with Gasteiger partial charge in [-0.25, -0.2) is 4.98 Å². The highest BCUT2D eigenvalue weighted by molar-refractivity contribution is 5.98. The zero-order valence-corrected chi connectivity index (χ0v) is 26.7. The fourth-order valence-corrected chi connectivity index (χ4v) is 6.57. The van der Waals surface area contributed by atoms with Crippen LogP contribution in [-0.2, 0) is 11.1 Å². The number of aromatic nitrogens is 2. The SMILES string of the molecule is CCCCNC(=O)c1ccc2cc(C(O)(c3cn(C(c4ccccc4)(c4ccccc4)c4ccccc4)cn3)C(C)C)ccc2c1. The molecule has 0 aliphatic carbocycles. The average Bonchev–Trinajstić information content (AvgIpc) is 3.60. The number of hydrogen-bond donors (Lipinski definition) is 2. The molecule has 232 valence electrons. The van der Waals surface area contributed by atoms with Crippen molar-refractivity contribution in [2.75, 3.05) is 6.54 Å². The molecule has 6 rings (SSSR count). The van der Waals surface area contributed by atoms with Gasteiger partial charge in [-0.05, 0) is 63.6 Å². The summed E-state index contributed by atoms with van der Waals surface area (Å²) in [5, 5.41) is 17.5. The van der Waals surface area contributed by atoms with E-state index in [4.69, 9.17) is 4.98 Å². The number of benzene rings is 5. The van der Waals surface area contributed by atoms with E-state index < -0.39 is 11.1 Å². The first-order chi connectivity index (χ1) is 22.4. The first kappa shape index (κ1) is 31.0. The Labute approximate surface area is 271 Å². The summed E-state index contributed by atoms with van der Waals surface area (Å²) in [6.45, 7) is 6.81. The van der Waals surface area contributed by atoms with Gasteiger partial charge in [0.2, 0.25) is 0 Å². The molecule has 0 saturated carbocycles. The second kappa shape index (κ2) is 13.2. The molecule has 0 aliphatic heterocycles. The second-order valence-corrected chi connectivity index (χ2v) is 12.3. The minimum absolute atomic E-state index is 0.0672. The van der Waals surface area contributed by atoms with Crippen molar-refractivity contribution in [1.29, 1.82) is 0 Å². The van der Waals surface area contributed by atoms with Crippen LogP contribution in [0.4, 0.5) is 0 Å². The smallest absolute Gasteiger partial charge is 0.251 e. The lowest BCUT2D eigenvalue weighted by Gasteiger charge is -2.37. The van der Waals surface area contributed by atoms with Gasteiger partial charge in [0.1, 0.15) is 11.1 Å². The van der Waals surface area contributed by atoms with Crippen LogP contribution in [-0.4, -0.2) is 27.1 Å². The highest BCUT2D eigenvalue weighted by atomic mass is 16.3. The van der Waals surface area contributed by atoms with Crippen LogP contribution in [0.1, 0.15) is 71.9 Å². The van der Waals surface area contributed by atoms with E-state index in [9.17, 15) is 9.90 Å². The van der Waals surface area contributed by atoms with Gasteiger partial charge in [-0.15, -0.1) is 0 Å². The Morgan fingerprint density at radius 3 is 1.85 bits per heavy atom. The molecule has 5 heteroatoms. The van der Waals surface area contributed by atoms with Crippen LogP contribution >= 0.6 is 0 Å². The van der Waals surface area contributed by atoms with E-state index in [1.165, 1.54) is 0 Å². The van der Waals surface area contributed by atoms with E-state index in [1.807, 2.05) is 81.0 Å². The highest BCUT2D eigenvalue weighted by Crippen LogP contribution is 2.43. The summed E-state index contributed by atoms with van der Waals surface area (Å²) < 4.78 is 2.14. The quantitative estimate of drug-likeness (QED) is 0.115. The molecular weight excluding hydrogens is 566 g/mol. The molecule has 5 nitrogen and oxygen atoms in total. The van der Waals surface area contributed by atoms with Crippen molar-refractivity contribution >= 4 is 16.7 Å². The molecule has 46 heavy (non-hydrogen) atoms. The summed E-state index contributed by atoms with van der Waals surface area (Å²) in [7, 11) is 0. The lowest BCUT2D eigenvalue weighted by Crippen LogP contribution is -2.37. The van der Waals surface area contributed by atoms with Gasteiger partial charge in [0, 0.05) is 18.3 Å². The van der Waals surface area contributed by atoms with Gasteiger partial charge in [-0.1, -0.05) is 136 Å². The number of rotatable bonds is 11. The van der Waals surface area contributed by atoms with E-state index in [1.54, 1.807) is 0 Å². The molecule has 5 aromatic carbocycles. The Morgan fingerprint density at radius 1 is 0.761 bits per heavy atom. The number of nitrogens with one attached hydrogen (secondary N) is 1. The topological polar surface area (TPSA) is 67.2 Å². The normalized spacial score (nSPS) is 13.1. The first-order valence-corrected chi connectivity index (χ1v) is 16.2. The van der Waals surface area contributed by atoms with Gasteiger partial charge in [0.25, 0.3) is 5.91 Å². The lowest BCUT2D eigenvalue weighted by molar-refractivity contribution is 0.0279. The highest BCUT2D eigenvalue weighted by Gasteiger charge is 2.42. The molecular formula is C41H41N3O2. The van der Waals surface area contributed by atoms with Gasteiger partial charge >= 0.3 is 0 Å². The number of aliphatic hydroxyl groups is 1. The van der Waals surface area contributed by atoms with Crippen molar-refractivity contribution in [2.24, 2.45) is 5.92 Å². The van der Waals surface area contributed by atoms with Crippen molar-refractivity contribution in [3.63, 3.8) is 0 Å². The standard InChI is InChI=1S/C41H41N3O2/c1-4-5-25-42-39(45)33-22-21-32-27-37(24-23-31(32)26-33)41(46,30(2)3)38-28-44(29-43-38)40(34-15-9-6-10-16-34,35-17-11-7-12-18-35)36-19-13-8-14-20-36/h6-24,26-30,46H,4-5,25H2,1-3H3,(H,42,45). The molecule has 0 saturated heterocycles. The van der Waals surface area contributed by atoms with Crippen LogP contribution in [0.5, 0.6) is 0 Å². The summed E-state index contributed by atoms with van der Waals surface area (Å²) in [6.07, 6.45) is 5.83. The maximum absolute atomic E-state index is 12.7. The minimum atomic E-state index is -1.37. The van der Waals surface area contributed by atoms with Gasteiger partial charge in [0.05, 0.1) is 12.0 Å². The zero-order chi connectivity index (χ0) is 32.1. The third kappa shape index (κ3) is 5.52. The van der Waals surface area contributed by atoms with Crippen molar-refractivity contribution in [1.82, 2.24) is 14.9 Å². The number of imidazole rings is 1. The molecule has 1 unspecified atom stereocenters. The monoisotopic (exact) mass is 607 g/mol. The van der Waals surface area contributed by atoms with Crippen molar-refractivity contribution in [3.8, 4) is 0 Å². The van der Waals surface area contributed by atoms with Crippen LogP contribution in [0.3, 0.4) is 0 Å². The van der Waals surface area contributed by atoms with E-state index in [2.05, 4.69) is 89.6 Å². The number of unbranched alkanes of at least 4 members (excludes halogenated alkanes) is 1. The largest absolute Gasteiger partial charge is 0.378 e. The molecule has 6 aromatic rings. The Hall–Kier alpha value is -5.00. The van der Waals surface area contributed by atoms with Crippen LogP contribution in [0.25, 0.3) is 10.8 Å². The van der Waals surface area contributed by atoms with Crippen molar-refractivity contribution < 1.29 is 9.90 Å². The number of nitrogens with zero attached hydrogens (tertiary/aromatic N) is 2. The Balaban J connectivity index is 1.47. The maximum Gasteiger partial charge on any atom is 0.251 e. The fourth-order valence-electron chi connectivity index (χ4n) is 6.57.